The third-order valence-electron chi connectivity index (χ3n) is 3.33. The number of aromatic hydroxyl groups is 1. The van der Waals surface area contributed by atoms with E-state index in [0.29, 0.717) is 11.1 Å². The lowest BCUT2D eigenvalue weighted by Gasteiger charge is -2.19. The summed E-state index contributed by atoms with van der Waals surface area (Å²) in [4.78, 5) is 16.8. The van der Waals surface area contributed by atoms with Crippen LogP contribution in [0.1, 0.15) is 23.4 Å². The predicted molar refractivity (Wildman–Crippen MR) is 91.1 cm³/mol. The van der Waals surface area contributed by atoms with Gasteiger partial charge < -0.3 is 10.4 Å². The molecule has 0 bridgehead atoms. The number of amides is 1. The Labute approximate surface area is 139 Å². The first-order valence-electron chi connectivity index (χ1n) is 6.64. The summed E-state index contributed by atoms with van der Waals surface area (Å²) in [5, 5.41) is 16.3. The monoisotopic (exact) mass is 376 g/mol. The average Bonchev–Trinajstić information content (AvgIpc) is 3.03. The van der Waals surface area contributed by atoms with Crippen molar-refractivity contribution in [2.24, 2.45) is 0 Å². The molecule has 0 aliphatic carbocycles. The second kappa shape index (κ2) is 6.06. The molecule has 6 heteroatoms. The first-order valence-corrected chi connectivity index (χ1v) is 8.32. The quantitative estimate of drug-likeness (QED) is 0.726. The lowest BCUT2D eigenvalue weighted by molar-refractivity contribution is -0.119. The van der Waals surface area contributed by atoms with Crippen LogP contribution in [-0.2, 0) is 4.79 Å². The van der Waals surface area contributed by atoms with Gasteiger partial charge in [0, 0.05) is 33.4 Å². The molecule has 1 amide bonds. The van der Waals surface area contributed by atoms with Crippen molar-refractivity contribution >= 4 is 44.1 Å². The van der Waals surface area contributed by atoms with E-state index in [1.807, 2.05) is 35.7 Å². The van der Waals surface area contributed by atoms with Gasteiger partial charge in [-0.05, 0) is 23.6 Å². The number of thiophene rings is 1. The van der Waals surface area contributed by atoms with Crippen LogP contribution < -0.4 is 5.32 Å². The second-order valence-corrected chi connectivity index (χ2v) is 6.68. The van der Waals surface area contributed by atoms with Crippen molar-refractivity contribution in [2.45, 2.75) is 13.0 Å². The van der Waals surface area contributed by atoms with E-state index in [0.717, 1.165) is 14.7 Å². The highest BCUT2D eigenvalue weighted by Gasteiger charge is 2.22. The highest BCUT2D eigenvalue weighted by molar-refractivity contribution is 9.10. The van der Waals surface area contributed by atoms with Gasteiger partial charge in [0.1, 0.15) is 11.3 Å². The lowest BCUT2D eigenvalue weighted by atomic mass is 10.0. The Morgan fingerprint density at radius 3 is 2.91 bits per heavy atom. The molecule has 2 N–H and O–H groups in total. The Morgan fingerprint density at radius 1 is 1.41 bits per heavy atom. The smallest absolute Gasteiger partial charge is 0.217 e. The number of nitrogens with zero attached hydrogens (tertiary/aromatic N) is 1. The van der Waals surface area contributed by atoms with Crippen LogP contribution >= 0.6 is 27.3 Å². The SMILES string of the molecule is CC(=O)N[C@@H](c1cccs1)c1cc(Br)c2cccnc2c1O. The van der Waals surface area contributed by atoms with Gasteiger partial charge in [-0.25, -0.2) is 0 Å². The van der Waals surface area contributed by atoms with Crippen molar-refractivity contribution in [1.29, 1.82) is 0 Å². The summed E-state index contributed by atoms with van der Waals surface area (Å²) < 4.78 is 0.829. The second-order valence-electron chi connectivity index (χ2n) is 4.84. The molecule has 2 aromatic heterocycles. The summed E-state index contributed by atoms with van der Waals surface area (Å²) in [7, 11) is 0. The number of carbonyl (C=O) groups is 1. The van der Waals surface area contributed by atoms with E-state index in [2.05, 4.69) is 26.2 Å². The van der Waals surface area contributed by atoms with Crippen LogP contribution in [-0.4, -0.2) is 16.0 Å². The third-order valence-corrected chi connectivity index (χ3v) is 4.92. The maximum absolute atomic E-state index is 11.6. The fourth-order valence-electron chi connectivity index (χ4n) is 2.39. The molecule has 1 aromatic carbocycles. The van der Waals surface area contributed by atoms with Crippen molar-refractivity contribution in [3.8, 4) is 5.75 Å². The Hall–Kier alpha value is -1.92. The molecule has 3 aromatic rings. The molecule has 0 unspecified atom stereocenters. The summed E-state index contributed by atoms with van der Waals surface area (Å²) in [6, 6.07) is 8.98. The molecule has 0 saturated carbocycles. The van der Waals surface area contributed by atoms with Crippen LogP contribution in [0.15, 0.2) is 46.4 Å². The molecule has 22 heavy (non-hydrogen) atoms. The van der Waals surface area contributed by atoms with Crippen LogP contribution in [0.25, 0.3) is 10.9 Å². The minimum atomic E-state index is -0.403. The highest BCUT2D eigenvalue weighted by Crippen LogP contribution is 2.39. The minimum Gasteiger partial charge on any atom is -0.505 e. The molecule has 2 heterocycles. The van der Waals surface area contributed by atoms with Crippen molar-refractivity contribution in [3.63, 3.8) is 0 Å². The van der Waals surface area contributed by atoms with Crippen molar-refractivity contribution in [2.75, 3.05) is 0 Å². The largest absolute Gasteiger partial charge is 0.505 e. The number of nitrogens with one attached hydrogen (secondary N) is 1. The van der Waals surface area contributed by atoms with E-state index in [1.165, 1.54) is 18.3 Å². The Kier molecular flexibility index (Phi) is 4.13. The fraction of sp³-hybridized carbons (Fsp3) is 0.125. The summed E-state index contributed by atoms with van der Waals surface area (Å²) in [6.07, 6.45) is 1.64. The zero-order valence-electron chi connectivity index (χ0n) is 11.7. The van der Waals surface area contributed by atoms with E-state index < -0.39 is 6.04 Å². The van der Waals surface area contributed by atoms with Gasteiger partial charge in [0.15, 0.2) is 0 Å². The van der Waals surface area contributed by atoms with Crippen LogP contribution in [0.4, 0.5) is 0 Å². The average molecular weight is 377 g/mol. The molecular formula is C16H13BrN2O2S. The number of phenols is 1. The van der Waals surface area contributed by atoms with Gasteiger partial charge in [0.25, 0.3) is 0 Å². The molecular weight excluding hydrogens is 364 g/mol. The molecule has 0 aliphatic heterocycles. The van der Waals surface area contributed by atoms with Crippen LogP contribution in [0.3, 0.4) is 0 Å². The fourth-order valence-corrected chi connectivity index (χ4v) is 3.75. The predicted octanol–water partition coefficient (Wildman–Crippen LogP) is 3.99. The molecule has 0 radical (unpaired) electrons. The summed E-state index contributed by atoms with van der Waals surface area (Å²) in [5.74, 6) is -0.0685. The maximum atomic E-state index is 11.6. The number of hydrogen-bond acceptors (Lipinski definition) is 4. The molecule has 4 nitrogen and oxygen atoms in total. The highest BCUT2D eigenvalue weighted by atomic mass is 79.9. The molecule has 0 saturated heterocycles. The van der Waals surface area contributed by atoms with Gasteiger partial charge in [0.05, 0.1) is 6.04 Å². The van der Waals surface area contributed by atoms with Gasteiger partial charge in [-0.3, -0.25) is 9.78 Å². The van der Waals surface area contributed by atoms with E-state index in [-0.39, 0.29) is 11.7 Å². The van der Waals surface area contributed by atoms with Gasteiger partial charge in [-0.2, -0.15) is 0 Å². The maximum Gasteiger partial charge on any atom is 0.217 e. The summed E-state index contributed by atoms with van der Waals surface area (Å²) in [5.41, 5.74) is 1.13. The van der Waals surface area contributed by atoms with Gasteiger partial charge in [0.2, 0.25) is 5.91 Å². The Bertz CT molecular complexity index is 834. The van der Waals surface area contributed by atoms with Crippen molar-refractivity contribution < 1.29 is 9.90 Å². The normalized spacial score (nSPS) is 12.3. The standard InChI is InChI=1S/C16H13BrN2O2S/c1-9(20)19-14(13-5-3-7-22-13)11-8-12(17)10-4-2-6-18-15(10)16(11)21/h2-8,14,21H,1H3,(H,19,20)/t14-/m1/s1. The van der Waals surface area contributed by atoms with E-state index in [9.17, 15) is 9.90 Å². The van der Waals surface area contributed by atoms with Gasteiger partial charge >= 0.3 is 0 Å². The van der Waals surface area contributed by atoms with Crippen molar-refractivity contribution in [3.05, 3.63) is 56.8 Å². The minimum absolute atomic E-state index is 0.0888. The number of hydrogen-bond donors (Lipinski definition) is 2. The number of aromatic nitrogens is 1. The third kappa shape index (κ3) is 2.71. The van der Waals surface area contributed by atoms with Crippen LogP contribution in [0.5, 0.6) is 5.75 Å². The number of fused-ring (bicyclic) bond motifs is 1. The Morgan fingerprint density at radius 2 is 2.23 bits per heavy atom. The summed E-state index contributed by atoms with van der Waals surface area (Å²) in [6.45, 7) is 1.46. The topological polar surface area (TPSA) is 62.2 Å². The molecule has 3 rings (SSSR count). The van der Waals surface area contributed by atoms with Gasteiger partial charge in [-0.15, -0.1) is 11.3 Å². The zero-order chi connectivity index (χ0) is 15.7. The Balaban J connectivity index is 2.22. The van der Waals surface area contributed by atoms with Crippen molar-refractivity contribution in [1.82, 2.24) is 10.3 Å². The zero-order valence-corrected chi connectivity index (χ0v) is 14.1. The van der Waals surface area contributed by atoms with E-state index >= 15 is 0 Å². The van der Waals surface area contributed by atoms with E-state index in [4.69, 9.17) is 0 Å². The molecule has 0 spiro atoms. The van der Waals surface area contributed by atoms with Crippen LogP contribution in [0.2, 0.25) is 0 Å². The van der Waals surface area contributed by atoms with Gasteiger partial charge in [-0.1, -0.05) is 28.1 Å². The summed E-state index contributed by atoms with van der Waals surface area (Å²) >= 11 is 5.05. The molecule has 0 fully saturated rings. The first-order chi connectivity index (χ1) is 10.6. The number of halogens is 1. The number of benzene rings is 1. The number of pyridine rings is 1. The first kappa shape index (κ1) is 15.0. The number of phenolic OH excluding ortho intramolecular Hbond substituents is 1. The molecule has 0 aliphatic rings. The van der Waals surface area contributed by atoms with E-state index in [1.54, 1.807) is 6.20 Å². The lowest BCUT2D eigenvalue weighted by Crippen LogP contribution is -2.26. The van der Waals surface area contributed by atoms with Crippen LogP contribution in [0, 0.1) is 0 Å². The number of rotatable bonds is 3. The molecule has 1 atom stereocenters. The molecule has 112 valence electrons. The number of carbonyl (C=O) groups excluding carboxylic acids is 1.